The van der Waals surface area contributed by atoms with Gasteiger partial charge in [-0.15, -0.1) is 0 Å². The highest BCUT2D eigenvalue weighted by Gasteiger charge is 2.11. The number of amides is 1. The average molecular weight is 443 g/mol. The molecular weight excluding hydrogens is 416 g/mol. The minimum absolute atomic E-state index is 0.200. The molecule has 0 spiro atoms. The van der Waals surface area contributed by atoms with Crippen molar-refractivity contribution >= 4 is 23.2 Å². The van der Waals surface area contributed by atoms with Gasteiger partial charge in [-0.2, -0.15) is 4.98 Å². The fourth-order valence-corrected chi connectivity index (χ4v) is 3.31. The van der Waals surface area contributed by atoms with E-state index in [0.717, 1.165) is 22.6 Å². The summed E-state index contributed by atoms with van der Waals surface area (Å²) in [5, 5.41) is 10.1. The van der Waals surface area contributed by atoms with Crippen LogP contribution < -0.4 is 10.6 Å². The highest BCUT2D eigenvalue weighted by atomic mass is 16.5. The number of nitrogens with one attached hydrogen (secondary N) is 2. The second-order valence-electron chi connectivity index (χ2n) is 8.21. The number of nitrogens with zero attached hydrogens (tertiary/aromatic N) is 4. The molecule has 0 atom stereocenters. The second-order valence-corrected chi connectivity index (χ2v) is 8.21. The lowest BCUT2D eigenvalue weighted by molar-refractivity contribution is 0.102. The molecule has 2 heterocycles. The summed E-state index contributed by atoms with van der Waals surface area (Å²) in [6.45, 7) is 7.86. The van der Waals surface area contributed by atoms with Crippen molar-refractivity contribution in [3.63, 3.8) is 0 Å². The molecule has 0 saturated heterocycles. The van der Waals surface area contributed by atoms with E-state index >= 15 is 0 Å². The molecule has 0 bridgehead atoms. The zero-order valence-electron chi connectivity index (χ0n) is 19.1. The van der Waals surface area contributed by atoms with E-state index in [2.05, 4.69) is 30.7 Å². The minimum atomic E-state index is -0.201. The first kappa shape index (κ1) is 22.1. The largest absolute Gasteiger partial charge is 0.339 e. The van der Waals surface area contributed by atoms with E-state index in [1.807, 2.05) is 70.2 Å². The number of carbonyl (C=O) groups is 1. The molecule has 0 aliphatic heterocycles. The van der Waals surface area contributed by atoms with Crippen molar-refractivity contribution < 1.29 is 9.32 Å². The summed E-state index contributed by atoms with van der Waals surface area (Å²) < 4.78 is 5.25. The van der Waals surface area contributed by atoms with E-state index in [1.54, 1.807) is 12.1 Å². The Morgan fingerprint density at radius 2 is 1.67 bits per heavy atom. The minimum Gasteiger partial charge on any atom is -0.339 e. The average Bonchev–Trinajstić information content (AvgIpc) is 3.23. The summed E-state index contributed by atoms with van der Waals surface area (Å²) in [6, 6.07) is 16.7. The molecule has 0 unspecified atom stereocenters. The third-order valence-corrected chi connectivity index (χ3v) is 4.91. The number of carbonyl (C=O) groups excluding carboxylic acids is 1. The highest BCUT2D eigenvalue weighted by Crippen LogP contribution is 2.19. The van der Waals surface area contributed by atoms with Crippen LogP contribution >= 0.6 is 0 Å². The van der Waals surface area contributed by atoms with Crippen molar-refractivity contribution in [1.82, 2.24) is 20.1 Å². The van der Waals surface area contributed by atoms with Gasteiger partial charge in [0.2, 0.25) is 11.8 Å². The van der Waals surface area contributed by atoms with Gasteiger partial charge in [-0.1, -0.05) is 37.2 Å². The molecule has 4 rings (SSSR count). The molecule has 2 aromatic carbocycles. The predicted molar refractivity (Wildman–Crippen MR) is 127 cm³/mol. The first-order chi connectivity index (χ1) is 15.9. The summed E-state index contributed by atoms with van der Waals surface area (Å²) in [6.07, 6.45) is 0.568. The van der Waals surface area contributed by atoms with Gasteiger partial charge < -0.3 is 15.2 Å². The Bertz CT molecular complexity index is 1240. The van der Waals surface area contributed by atoms with Crippen molar-refractivity contribution in [3.05, 3.63) is 88.8 Å². The molecule has 168 valence electrons. The number of aromatic nitrogens is 4. The summed E-state index contributed by atoms with van der Waals surface area (Å²) >= 11 is 0. The molecule has 4 aromatic rings. The molecule has 0 aliphatic carbocycles. The van der Waals surface area contributed by atoms with Gasteiger partial charge in [0.15, 0.2) is 5.82 Å². The van der Waals surface area contributed by atoms with Crippen LogP contribution in [0.5, 0.6) is 0 Å². The van der Waals surface area contributed by atoms with Crippen LogP contribution in [-0.2, 0) is 6.42 Å². The monoisotopic (exact) mass is 442 g/mol. The van der Waals surface area contributed by atoms with Crippen LogP contribution in [0.15, 0.2) is 59.1 Å². The van der Waals surface area contributed by atoms with Crippen molar-refractivity contribution in [2.75, 3.05) is 10.6 Å². The number of anilines is 3. The van der Waals surface area contributed by atoms with Crippen LogP contribution in [0.3, 0.4) is 0 Å². The van der Waals surface area contributed by atoms with Gasteiger partial charge in [0.05, 0.1) is 0 Å². The first-order valence-electron chi connectivity index (χ1n) is 10.8. The normalized spacial score (nSPS) is 10.9. The van der Waals surface area contributed by atoms with Gasteiger partial charge in [-0.05, 0) is 55.8 Å². The van der Waals surface area contributed by atoms with Crippen molar-refractivity contribution in [2.24, 2.45) is 0 Å². The van der Waals surface area contributed by atoms with E-state index in [1.165, 1.54) is 0 Å². The summed E-state index contributed by atoms with van der Waals surface area (Å²) in [4.78, 5) is 25.9. The Balaban J connectivity index is 1.40. The Morgan fingerprint density at radius 3 is 2.33 bits per heavy atom. The van der Waals surface area contributed by atoms with E-state index in [9.17, 15) is 4.79 Å². The molecule has 33 heavy (non-hydrogen) atoms. The highest BCUT2D eigenvalue weighted by molar-refractivity contribution is 6.04. The van der Waals surface area contributed by atoms with Crippen LogP contribution in [-0.4, -0.2) is 26.0 Å². The number of aryl methyl sites for hydroxylation is 2. The molecule has 0 fully saturated rings. The SMILES string of the molecule is Cc1cc(C)nc(Nc2cccc(C(=O)Nc3ccc(Cc4noc(C(C)C)n4)cc3)c2)n1. The number of hydrogen-bond acceptors (Lipinski definition) is 7. The van der Waals surface area contributed by atoms with Crippen LogP contribution in [0.4, 0.5) is 17.3 Å². The third kappa shape index (κ3) is 5.79. The molecule has 1 amide bonds. The van der Waals surface area contributed by atoms with Gasteiger partial charge in [0, 0.05) is 40.7 Å². The summed E-state index contributed by atoms with van der Waals surface area (Å²) in [7, 11) is 0. The van der Waals surface area contributed by atoms with Crippen LogP contribution in [0.2, 0.25) is 0 Å². The van der Waals surface area contributed by atoms with E-state index in [4.69, 9.17) is 4.52 Å². The summed E-state index contributed by atoms with van der Waals surface area (Å²) in [5.74, 6) is 1.78. The van der Waals surface area contributed by atoms with Gasteiger partial charge in [0.1, 0.15) is 0 Å². The Morgan fingerprint density at radius 1 is 0.939 bits per heavy atom. The van der Waals surface area contributed by atoms with Crippen molar-refractivity contribution in [3.8, 4) is 0 Å². The Kier molecular flexibility index (Phi) is 6.44. The third-order valence-electron chi connectivity index (χ3n) is 4.91. The number of hydrogen-bond donors (Lipinski definition) is 2. The predicted octanol–water partition coefficient (Wildman–Crippen LogP) is 5.19. The number of rotatable bonds is 7. The molecule has 2 aromatic heterocycles. The van der Waals surface area contributed by atoms with E-state index in [0.29, 0.717) is 35.3 Å². The zero-order chi connectivity index (χ0) is 23.4. The lowest BCUT2D eigenvalue weighted by Gasteiger charge is -2.09. The maximum absolute atomic E-state index is 12.8. The molecule has 8 nitrogen and oxygen atoms in total. The molecule has 0 radical (unpaired) electrons. The molecule has 8 heteroatoms. The standard InChI is InChI=1S/C25H26N6O2/c1-15(2)24-30-22(31-33-24)13-18-8-10-20(11-9-18)28-23(32)19-6-5-7-21(14-19)29-25-26-16(3)12-17(4)27-25/h5-12,14-15H,13H2,1-4H3,(H,28,32)(H,26,27,29). The van der Waals surface area contributed by atoms with Gasteiger partial charge in [-0.3, -0.25) is 4.79 Å². The smallest absolute Gasteiger partial charge is 0.255 e. The molecular formula is C25H26N6O2. The molecule has 2 N–H and O–H groups in total. The van der Waals surface area contributed by atoms with E-state index < -0.39 is 0 Å². The Hall–Kier alpha value is -4.07. The van der Waals surface area contributed by atoms with Gasteiger partial charge in [-0.25, -0.2) is 9.97 Å². The molecule has 0 saturated carbocycles. The van der Waals surface area contributed by atoms with Crippen LogP contribution in [0, 0.1) is 13.8 Å². The topological polar surface area (TPSA) is 106 Å². The second kappa shape index (κ2) is 9.60. The quantitative estimate of drug-likeness (QED) is 0.406. The van der Waals surface area contributed by atoms with Crippen LogP contribution in [0.1, 0.15) is 58.8 Å². The maximum Gasteiger partial charge on any atom is 0.255 e. The fraction of sp³-hybridized carbons (Fsp3) is 0.240. The first-order valence-corrected chi connectivity index (χ1v) is 10.8. The molecule has 0 aliphatic rings. The fourth-order valence-electron chi connectivity index (χ4n) is 3.31. The maximum atomic E-state index is 12.8. The summed E-state index contributed by atoms with van der Waals surface area (Å²) in [5.41, 5.74) is 4.76. The Labute approximate surface area is 192 Å². The van der Waals surface area contributed by atoms with Crippen molar-refractivity contribution in [2.45, 2.75) is 40.0 Å². The van der Waals surface area contributed by atoms with Crippen LogP contribution in [0.25, 0.3) is 0 Å². The van der Waals surface area contributed by atoms with Gasteiger partial charge >= 0.3 is 0 Å². The van der Waals surface area contributed by atoms with E-state index in [-0.39, 0.29) is 11.8 Å². The zero-order valence-corrected chi connectivity index (χ0v) is 19.1. The lowest BCUT2D eigenvalue weighted by atomic mass is 10.1. The van der Waals surface area contributed by atoms with Crippen molar-refractivity contribution in [1.29, 1.82) is 0 Å². The van der Waals surface area contributed by atoms with Gasteiger partial charge in [0.25, 0.3) is 5.91 Å². The number of benzene rings is 2. The lowest BCUT2D eigenvalue weighted by Crippen LogP contribution is -2.12.